The average Bonchev–Trinajstić information content (AvgIpc) is 2.72. The van der Waals surface area contributed by atoms with E-state index < -0.39 is 21.9 Å². The van der Waals surface area contributed by atoms with Crippen molar-refractivity contribution in [1.82, 2.24) is 0 Å². The Hall–Kier alpha value is -3.25. The third-order valence-corrected chi connectivity index (χ3v) is 6.86. The summed E-state index contributed by atoms with van der Waals surface area (Å²) >= 11 is 0. The summed E-state index contributed by atoms with van der Waals surface area (Å²) < 4.78 is 31.5. The second-order valence-electron chi connectivity index (χ2n) is 7.00. The molecule has 0 saturated heterocycles. The highest BCUT2D eigenvalue weighted by Crippen LogP contribution is 2.35. The fourth-order valence-corrected chi connectivity index (χ4v) is 5.02. The van der Waals surface area contributed by atoms with Crippen LogP contribution in [0.4, 0.5) is 0 Å². The molecule has 0 aliphatic carbocycles. The number of sulfone groups is 1. The number of benzene rings is 3. The summed E-state index contributed by atoms with van der Waals surface area (Å²) in [4.78, 5) is 25.1. The van der Waals surface area contributed by atoms with Crippen LogP contribution in [0, 0.1) is 6.92 Å². The molecule has 0 saturated carbocycles. The van der Waals surface area contributed by atoms with Gasteiger partial charge >= 0.3 is 5.97 Å². The molecule has 146 valence electrons. The maximum Gasteiger partial charge on any atom is 0.338 e. The van der Waals surface area contributed by atoms with Gasteiger partial charge < -0.3 is 4.74 Å². The molecule has 1 atom stereocenters. The molecule has 29 heavy (non-hydrogen) atoms. The molecule has 1 aliphatic rings. The molecule has 4 rings (SSSR count). The number of hydrogen-bond donors (Lipinski definition) is 0. The van der Waals surface area contributed by atoms with Crippen molar-refractivity contribution in [2.75, 3.05) is 0 Å². The lowest BCUT2D eigenvalue weighted by atomic mass is 10.0. The molecule has 0 aromatic heterocycles. The zero-order chi connectivity index (χ0) is 20.8. The summed E-state index contributed by atoms with van der Waals surface area (Å²) in [5.41, 5.74) is 2.21. The van der Waals surface area contributed by atoms with E-state index in [0.717, 1.165) is 11.1 Å². The molecule has 0 N–H and O–H groups in total. The van der Waals surface area contributed by atoms with Gasteiger partial charge in [0.1, 0.15) is 6.10 Å². The van der Waals surface area contributed by atoms with Crippen LogP contribution in [0.25, 0.3) is 0 Å². The first-order chi connectivity index (χ1) is 13.8. The Morgan fingerprint density at radius 2 is 1.55 bits per heavy atom. The van der Waals surface area contributed by atoms with Gasteiger partial charge in [0.25, 0.3) is 0 Å². The average molecular weight is 406 g/mol. The van der Waals surface area contributed by atoms with Crippen molar-refractivity contribution in [3.63, 3.8) is 0 Å². The molecule has 0 spiro atoms. The number of rotatable bonds is 3. The van der Waals surface area contributed by atoms with Crippen LogP contribution >= 0.6 is 0 Å². The Labute approximate surface area is 168 Å². The third kappa shape index (κ3) is 3.25. The van der Waals surface area contributed by atoms with Gasteiger partial charge in [-0.1, -0.05) is 42.0 Å². The topological polar surface area (TPSA) is 77.5 Å². The fraction of sp³-hybridized carbons (Fsp3) is 0.130. The Bertz CT molecular complexity index is 1240. The number of hydrogen-bond acceptors (Lipinski definition) is 5. The Balaban J connectivity index is 1.68. The summed E-state index contributed by atoms with van der Waals surface area (Å²) in [7, 11) is -3.90. The van der Waals surface area contributed by atoms with Crippen molar-refractivity contribution in [1.29, 1.82) is 0 Å². The van der Waals surface area contributed by atoms with E-state index in [1.54, 1.807) is 19.1 Å². The molecule has 0 bridgehead atoms. The van der Waals surface area contributed by atoms with E-state index in [9.17, 15) is 18.0 Å². The second-order valence-corrected chi connectivity index (χ2v) is 8.88. The molecule has 5 nitrogen and oxygen atoms in total. The van der Waals surface area contributed by atoms with E-state index in [1.165, 1.54) is 30.3 Å². The van der Waals surface area contributed by atoms with Crippen molar-refractivity contribution < 1.29 is 22.7 Å². The number of aryl methyl sites for hydroxylation is 1. The Kier molecular flexibility index (Phi) is 4.59. The van der Waals surface area contributed by atoms with E-state index in [1.807, 2.05) is 31.2 Å². The van der Waals surface area contributed by atoms with Crippen LogP contribution in [0.5, 0.6) is 0 Å². The SMILES string of the molecule is Cc1ccc([C@@H](C)OC(=O)c2ccc3c(c2)S(=O)(=O)c2ccccc2C3=O)cc1. The quantitative estimate of drug-likeness (QED) is 0.474. The molecular weight excluding hydrogens is 388 g/mol. The predicted molar refractivity (Wildman–Crippen MR) is 107 cm³/mol. The maximum absolute atomic E-state index is 13.0. The van der Waals surface area contributed by atoms with Crippen LogP contribution < -0.4 is 0 Å². The van der Waals surface area contributed by atoms with Gasteiger partial charge in [-0.15, -0.1) is 0 Å². The van der Waals surface area contributed by atoms with Gasteiger partial charge in [-0.3, -0.25) is 4.79 Å². The first-order valence-corrected chi connectivity index (χ1v) is 10.6. The highest BCUT2D eigenvalue weighted by Gasteiger charge is 2.35. The van der Waals surface area contributed by atoms with E-state index in [0.29, 0.717) is 0 Å². The largest absolute Gasteiger partial charge is 0.454 e. The summed E-state index contributed by atoms with van der Waals surface area (Å²) in [6.07, 6.45) is -0.502. The molecule has 0 fully saturated rings. The van der Waals surface area contributed by atoms with Crippen LogP contribution in [0.15, 0.2) is 76.5 Å². The second kappa shape index (κ2) is 6.97. The first kappa shape index (κ1) is 19.1. The van der Waals surface area contributed by atoms with Crippen LogP contribution in [-0.2, 0) is 14.6 Å². The summed E-state index contributed by atoms with van der Waals surface area (Å²) in [6, 6.07) is 17.7. The molecule has 3 aromatic rings. The van der Waals surface area contributed by atoms with Crippen LogP contribution in [0.1, 0.15) is 50.4 Å². The first-order valence-electron chi connectivity index (χ1n) is 9.09. The van der Waals surface area contributed by atoms with Gasteiger partial charge in [-0.05, 0) is 49.7 Å². The number of carbonyl (C=O) groups excluding carboxylic acids is 2. The summed E-state index contributed by atoms with van der Waals surface area (Å²) in [5.74, 6) is -1.03. The summed E-state index contributed by atoms with van der Waals surface area (Å²) in [6.45, 7) is 3.71. The number of carbonyl (C=O) groups is 2. The van der Waals surface area contributed by atoms with Gasteiger partial charge in [0.15, 0.2) is 5.78 Å². The molecule has 1 aliphatic heterocycles. The van der Waals surface area contributed by atoms with Crippen molar-refractivity contribution in [3.8, 4) is 0 Å². The van der Waals surface area contributed by atoms with Gasteiger partial charge in [0.05, 0.1) is 15.4 Å². The van der Waals surface area contributed by atoms with E-state index in [4.69, 9.17) is 4.74 Å². The normalized spacial score (nSPS) is 15.2. The number of ether oxygens (including phenoxy) is 1. The van der Waals surface area contributed by atoms with Crippen molar-refractivity contribution in [2.45, 2.75) is 29.7 Å². The number of fused-ring (bicyclic) bond motifs is 2. The van der Waals surface area contributed by atoms with E-state index in [2.05, 4.69) is 0 Å². The predicted octanol–water partition coefficient (Wildman–Crippen LogP) is 4.29. The van der Waals surface area contributed by atoms with Crippen LogP contribution in [0.3, 0.4) is 0 Å². The minimum Gasteiger partial charge on any atom is -0.454 e. The minimum absolute atomic E-state index is 0.0453. The standard InChI is InChI=1S/C23H18O5S/c1-14-7-9-16(10-8-14)15(2)28-23(25)17-11-12-19-21(13-17)29(26,27)20-6-4-3-5-18(20)22(19)24/h3-13,15H,1-2H3/t15-/m1/s1. The lowest BCUT2D eigenvalue weighted by Gasteiger charge is -2.19. The summed E-state index contributed by atoms with van der Waals surface area (Å²) in [5, 5.41) is 0. The molecule has 0 radical (unpaired) electrons. The number of ketones is 1. The molecule has 0 amide bonds. The minimum atomic E-state index is -3.90. The molecule has 3 aromatic carbocycles. The van der Waals surface area contributed by atoms with Gasteiger partial charge in [-0.25, -0.2) is 13.2 Å². The number of esters is 1. The molecule has 6 heteroatoms. The van der Waals surface area contributed by atoms with Gasteiger partial charge in [0, 0.05) is 11.1 Å². The van der Waals surface area contributed by atoms with Crippen molar-refractivity contribution in [2.24, 2.45) is 0 Å². The van der Waals surface area contributed by atoms with E-state index in [-0.39, 0.29) is 32.3 Å². The third-order valence-electron chi connectivity index (χ3n) is 5.00. The monoisotopic (exact) mass is 406 g/mol. The van der Waals surface area contributed by atoms with Crippen molar-refractivity contribution in [3.05, 3.63) is 94.5 Å². The zero-order valence-corrected chi connectivity index (χ0v) is 16.7. The molecule has 0 unspecified atom stereocenters. The Morgan fingerprint density at radius 1 is 0.897 bits per heavy atom. The highest BCUT2D eigenvalue weighted by atomic mass is 32.2. The van der Waals surface area contributed by atoms with Crippen LogP contribution in [-0.4, -0.2) is 20.2 Å². The smallest absolute Gasteiger partial charge is 0.338 e. The zero-order valence-electron chi connectivity index (χ0n) is 15.9. The van der Waals surface area contributed by atoms with Gasteiger partial charge in [-0.2, -0.15) is 0 Å². The highest BCUT2D eigenvalue weighted by molar-refractivity contribution is 7.91. The lowest BCUT2D eigenvalue weighted by molar-refractivity contribution is 0.0337. The van der Waals surface area contributed by atoms with Crippen molar-refractivity contribution >= 4 is 21.6 Å². The van der Waals surface area contributed by atoms with E-state index >= 15 is 0 Å². The van der Waals surface area contributed by atoms with Gasteiger partial charge in [0.2, 0.25) is 9.84 Å². The molecule has 1 heterocycles. The maximum atomic E-state index is 13.0. The lowest BCUT2D eigenvalue weighted by Crippen LogP contribution is -2.21. The van der Waals surface area contributed by atoms with Crippen LogP contribution in [0.2, 0.25) is 0 Å². The Morgan fingerprint density at radius 3 is 2.28 bits per heavy atom. The fourth-order valence-electron chi connectivity index (χ4n) is 3.35. The molecular formula is C23H18O5S.